The van der Waals surface area contributed by atoms with E-state index >= 15 is 0 Å². The molecule has 2 aliphatic rings. The molecule has 3 rings (SSSR count). The minimum Gasteiger partial charge on any atom is -0.508 e. The van der Waals surface area contributed by atoms with E-state index in [1.54, 1.807) is 11.9 Å². The lowest BCUT2D eigenvalue weighted by atomic mass is 9.89. The van der Waals surface area contributed by atoms with Crippen LogP contribution in [0.25, 0.3) is 0 Å². The van der Waals surface area contributed by atoms with Gasteiger partial charge in [0.05, 0.1) is 12.7 Å². The molecule has 1 aromatic carbocycles. The van der Waals surface area contributed by atoms with Gasteiger partial charge in [0, 0.05) is 31.6 Å². The summed E-state index contributed by atoms with van der Waals surface area (Å²) in [6.45, 7) is 0.667. The lowest BCUT2D eigenvalue weighted by Crippen LogP contribution is -2.38. The number of hydrogen-bond donors (Lipinski definition) is 2. The number of phenolic OH excluding ortho intramolecular Hbond substituents is 1. The Bertz CT molecular complexity index is 717. The summed E-state index contributed by atoms with van der Waals surface area (Å²) < 4.78 is 4.65. The summed E-state index contributed by atoms with van der Waals surface area (Å²) in [5, 5.41) is 12.7. The summed E-state index contributed by atoms with van der Waals surface area (Å²) >= 11 is 0. The Morgan fingerprint density at radius 2 is 1.88 bits per heavy atom. The van der Waals surface area contributed by atoms with Crippen molar-refractivity contribution in [3.8, 4) is 5.75 Å². The van der Waals surface area contributed by atoms with Gasteiger partial charge in [0.1, 0.15) is 5.75 Å². The third kappa shape index (κ3) is 3.45. The van der Waals surface area contributed by atoms with Crippen LogP contribution in [0.3, 0.4) is 0 Å². The molecule has 1 saturated heterocycles. The van der Waals surface area contributed by atoms with Gasteiger partial charge in [-0.1, -0.05) is 0 Å². The fraction of sp³-hybridized carbons (Fsp3) is 0.500. The number of nitrogens with zero attached hydrogens (tertiary/aromatic N) is 1. The molecule has 134 valence electrons. The lowest BCUT2D eigenvalue weighted by molar-refractivity contribution is -0.124. The highest BCUT2D eigenvalue weighted by Gasteiger charge is 2.40. The van der Waals surface area contributed by atoms with Crippen molar-refractivity contribution < 1.29 is 24.2 Å². The maximum atomic E-state index is 12.8. The Morgan fingerprint density at radius 1 is 1.20 bits per heavy atom. The first-order chi connectivity index (χ1) is 11.9. The number of amides is 2. The van der Waals surface area contributed by atoms with Crippen molar-refractivity contribution in [2.75, 3.05) is 20.7 Å². The second kappa shape index (κ2) is 6.74. The number of methoxy groups -OCH3 is 1. The number of piperidine rings is 1. The van der Waals surface area contributed by atoms with Gasteiger partial charge in [0.2, 0.25) is 5.91 Å². The third-order valence-corrected chi connectivity index (χ3v) is 5.28. The standard InChI is InChI=1S/C18H22N2O5/c1-20(14-4-10-8-16(22)19-9-13(10)5-14)17(23)11-3-12(18(24)25-2)7-15(21)6-11/h3,6-7,10,13-14,21H,4-5,8-9H2,1-2H3,(H,19,22)/t10-,13+,14-/m1/s1. The predicted molar refractivity (Wildman–Crippen MR) is 89.2 cm³/mol. The quantitative estimate of drug-likeness (QED) is 0.801. The minimum absolute atomic E-state index is 0.0409. The fourth-order valence-corrected chi connectivity index (χ4v) is 3.89. The molecule has 7 heteroatoms. The van der Waals surface area contributed by atoms with E-state index in [1.165, 1.54) is 25.3 Å². The lowest BCUT2D eigenvalue weighted by Gasteiger charge is -2.25. The minimum atomic E-state index is -0.607. The first-order valence-electron chi connectivity index (χ1n) is 8.35. The van der Waals surface area contributed by atoms with Crippen LogP contribution in [0, 0.1) is 11.8 Å². The van der Waals surface area contributed by atoms with E-state index in [0.29, 0.717) is 24.8 Å². The molecule has 3 atom stereocenters. The smallest absolute Gasteiger partial charge is 0.338 e. The number of carbonyl (C=O) groups is 3. The summed E-state index contributed by atoms with van der Waals surface area (Å²) in [5.41, 5.74) is 0.376. The topological polar surface area (TPSA) is 95.9 Å². The molecule has 7 nitrogen and oxygen atoms in total. The Hall–Kier alpha value is -2.57. The molecule has 0 radical (unpaired) electrons. The maximum Gasteiger partial charge on any atom is 0.338 e. The molecular formula is C18H22N2O5. The highest BCUT2D eigenvalue weighted by molar-refractivity contribution is 5.98. The van der Waals surface area contributed by atoms with Gasteiger partial charge in [-0.2, -0.15) is 0 Å². The average Bonchev–Trinajstić information content (AvgIpc) is 3.02. The zero-order valence-electron chi connectivity index (χ0n) is 14.3. The molecule has 1 aromatic rings. The molecular weight excluding hydrogens is 324 g/mol. The second-order valence-electron chi connectivity index (χ2n) is 6.83. The van der Waals surface area contributed by atoms with E-state index in [9.17, 15) is 19.5 Å². The van der Waals surface area contributed by atoms with E-state index in [2.05, 4.69) is 10.1 Å². The summed E-state index contributed by atoms with van der Waals surface area (Å²) in [4.78, 5) is 37.7. The molecule has 0 spiro atoms. The third-order valence-electron chi connectivity index (χ3n) is 5.28. The maximum absolute atomic E-state index is 12.8. The summed E-state index contributed by atoms with van der Waals surface area (Å²) in [7, 11) is 2.97. The van der Waals surface area contributed by atoms with Crippen LogP contribution in [0.4, 0.5) is 0 Å². The molecule has 0 aromatic heterocycles. The molecule has 2 amide bonds. The molecule has 0 bridgehead atoms. The largest absolute Gasteiger partial charge is 0.508 e. The fourth-order valence-electron chi connectivity index (χ4n) is 3.89. The molecule has 25 heavy (non-hydrogen) atoms. The van der Waals surface area contributed by atoms with Crippen molar-refractivity contribution in [2.24, 2.45) is 11.8 Å². The first-order valence-corrected chi connectivity index (χ1v) is 8.35. The number of phenols is 1. The monoisotopic (exact) mass is 346 g/mol. The number of nitrogens with one attached hydrogen (secondary N) is 1. The van der Waals surface area contributed by atoms with Crippen molar-refractivity contribution >= 4 is 17.8 Å². The van der Waals surface area contributed by atoms with Gasteiger partial charge in [0.25, 0.3) is 5.91 Å². The molecule has 1 saturated carbocycles. The van der Waals surface area contributed by atoms with Crippen LogP contribution in [0.5, 0.6) is 5.75 Å². The molecule has 2 N–H and O–H groups in total. The van der Waals surface area contributed by atoms with E-state index < -0.39 is 5.97 Å². The van der Waals surface area contributed by atoms with Crippen LogP contribution in [0.15, 0.2) is 18.2 Å². The molecule has 0 unspecified atom stereocenters. The highest BCUT2D eigenvalue weighted by Crippen LogP contribution is 2.38. The van der Waals surface area contributed by atoms with Crippen molar-refractivity contribution in [1.82, 2.24) is 10.2 Å². The van der Waals surface area contributed by atoms with Crippen LogP contribution >= 0.6 is 0 Å². The number of fused-ring (bicyclic) bond motifs is 1. The van der Waals surface area contributed by atoms with Gasteiger partial charge in [-0.05, 0) is 42.9 Å². The van der Waals surface area contributed by atoms with Crippen LogP contribution in [0.2, 0.25) is 0 Å². The Balaban J connectivity index is 1.76. The van der Waals surface area contributed by atoms with E-state index in [4.69, 9.17) is 0 Å². The van der Waals surface area contributed by atoms with E-state index in [0.717, 1.165) is 12.8 Å². The molecule has 1 aliphatic heterocycles. The zero-order chi connectivity index (χ0) is 18.1. The number of hydrogen-bond acceptors (Lipinski definition) is 5. The Morgan fingerprint density at radius 3 is 2.60 bits per heavy atom. The second-order valence-corrected chi connectivity index (χ2v) is 6.83. The molecule has 2 fully saturated rings. The average molecular weight is 346 g/mol. The predicted octanol–water partition coefficient (Wildman–Crippen LogP) is 1.17. The number of ether oxygens (including phenoxy) is 1. The summed E-state index contributed by atoms with van der Waals surface area (Å²) in [6.07, 6.45) is 2.15. The van der Waals surface area contributed by atoms with Crippen molar-refractivity contribution in [3.05, 3.63) is 29.3 Å². The first kappa shape index (κ1) is 17.3. The number of esters is 1. The summed E-state index contributed by atoms with van der Waals surface area (Å²) in [6, 6.07) is 4.08. The Kier molecular flexibility index (Phi) is 4.65. The van der Waals surface area contributed by atoms with Gasteiger partial charge >= 0.3 is 5.97 Å². The van der Waals surface area contributed by atoms with Crippen LogP contribution in [-0.4, -0.2) is 54.5 Å². The Labute approximate surface area is 146 Å². The summed E-state index contributed by atoms with van der Waals surface area (Å²) in [5.74, 6) is -0.245. The normalized spacial score (nSPS) is 25.0. The number of aromatic hydroxyl groups is 1. The zero-order valence-corrected chi connectivity index (χ0v) is 14.3. The van der Waals surface area contributed by atoms with E-state index in [-0.39, 0.29) is 34.7 Å². The van der Waals surface area contributed by atoms with Crippen LogP contribution in [-0.2, 0) is 9.53 Å². The molecule has 1 heterocycles. The van der Waals surface area contributed by atoms with Crippen LogP contribution in [0.1, 0.15) is 40.0 Å². The van der Waals surface area contributed by atoms with Gasteiger partial charge in [-0.25, -0.2) is 4.79 Å². The number of rotatable bonds is 3. The van der Waals surface area contributed by atoms with Gasteiger partial charge in [-0.15, -0.1) is 0 Å². The van der Waals surface area contributed by atoms with Gasteiger partial charge in [-0.3, -0.25) is 9.59 Å². The SMILES string of the molecule is COC(=O)c1cc(O)cc(C(=O)N(C)[C@H]2C[C@H]3CNC(=O)C[C@H]3C2)c1. The van der Waals surface area contributed by atoms with Crippen molar-refractivity contribution in [2.45, 2.75) is 25.3 Å². The van der Waals surface area contributed by atoms with Crippen LogP contribution < -0.4 is 5.32 Å². The van der Waals surface area contributed by atoms with Crippen molar-refractivity contribution in [3.63, 3.8) is 0 Å². The van der Waals surface area contributed by atoms with Gasteiger partial charge in [0.15, 0.2) is 0 Å². The number of benzene rings is 1. The molecule has 1 aliphatic carbocycles. The van der Waals surface area contributed by atoms with E-state index in [1.807, 2.05) is 0 Å². The van der Waals surface area contributed by atoms with Gasteiger partial charge < -0.3 is 20.1 Å². The highest BCUT2D eigenvalue weighted by atomic mass is 16.5. The van der Waals surface area contributed by atoms with Crippen molar-refractivity contribution in [1.29, 1.82) is 0 Å². The number of carbonyl (C=O) groups excluding carboxylic acids is 3.